The molecule has 1 atom stereocenters. The van der Waals surface area contributed by atoms with Crippen LogP contribution in [0.5, 0.6) is 0 Å². The summed E-state index contributed by atoms with van der Waals surface area (Å²) in [5, 5.41) is 9.86. The molecule has 4 heteroatoms. The topological polar surface area (TPSA) is 47.3 Å². The fraction of sp³-hybridized carbons (Fsp3) is 0.333. The maximum absolute atomic E-state index is 13.1. The highest BCUT2D eigenvalue weighted by atomic mass is 16.2. The van der Waals surface area contributed by atoms with E-state index in [1.165, 1.54) is 0 Å². The van der Waals surface area contributed by atoms with Gasteiger partial charge >= 0.3 is 0 Å². The molecule has 1 aliphatic heterocycles. The molecule has 0 spiro atoms. The number of carbonyl (C=O) groups is 1. The molecular weight excluding hydrogens is 310 g/mol. The number of hydrogen-bond donors (Lipinski definition) is 0. The van der Waals surface area contributed by atoms with Gasteiger partial charge in [-0.25, -0.2) is 0 Å². The summed E-state index contributed by atoms with van der Waals surface area (Å²) in [4.78, 5) is 17.0. The van der Waals surface area contributed by atoms with Crippen LogP contribution in [0.2, 0.25) is 0 Å². The first-order valence-electron chi connectivity index (χ1n) is 8.63. The molecule has 1 heterocycles. The van der Waals surface area contributed by atoms with Crippen LogP contribution in [0.4, 0.5) is 0 Å². The van der Waals surface area contributed by atoms with Gasteiger partial charge in [-0.1, -0.05) is 42.5 Å². The van der Waals surface area contributed by atoms with Crippen LogP contribution in [0.15, 0.2) is 48.5 Å². The maximum atomic E-state index is 13.1. The SMILES string of the molecule is CN(C)Cc1ccc2c(c1)C(C#N)N(C1(c3ccccc3)CC1)C2=O. The van der Waals surface area contributed by atoms with Gasteiger partial charge in [-0.2, -0.15) is 5.26 Å². The van der Waals surface area contributed by atoms with Crippen LogP contribution >= 0.6 is 0 Å². The third-order valence-corrected chi connectivity index (χ3v) is 5.23. The van der Waals surface area contributed by atoms with Crippen LogP contribution in [0.25, 0.3) is 0 Å². The van der Waals surface area contributed by atoms with Crippen molar-refractivity contribution < 1.29 is 4.79 Å². The second kappa shape index (κ2) is 5.72. The number of amides is 1. The number of nitriles is 1. The molecule has 126 valence electrons. The third-order valence-electron chi connectivity index (χ3n) is 5.23. The Kier molecular flexibility index (Phi) is 3.63. The number of fused-ring (bicyclic) bond motifs is 1. The van der Waals surface area contributed by atoms with Crippen LogP contribution in [-0.2, 0) is 12.1 Å². The Morgan fingerprint density at radius 3 is 2.52 bits per heavy atom. The predicted molar refractivity (Wildman–Crippen MR) is 95.7 cm³/mol. The van der Waals surface area contributed by atoms with Crippen molar-refractivity contribution in [3.63, 3.8) is 0 Å². The lowest BCUT2D eigenvalue weighted by atomic mass is 10.00. The lowest BCUT2D eigenvalue weighted by Crippen LogP contribution is -2.38. The Morgan fingerprint density at radius 1 is 1.20 bits per heavy atom. The molecule has 4 rings (SSSR count). The quantitative estimate of drug-likeness (QED) is 0.862. The molecule has 4 nitrogen and oxygen atoms in total. The van der Waals surface area contributed by atoms with Crippen molar-refractivity contribution in [3.05, 3.63) is 70.8 Å². The highest BCUT2D eigenvalue weighted by Gasteiger charge is 2.57. The summed E-state index contributed by atoms with van der Waals surface area (Å²) in [7, 11) is 4.03. The minimum absolute atomic E-state index is 0.0145. The van der Waals surface area contributed by atoms with Gasteiger partial charge in [-0.05, 0) is 44.1 Å². The van der Waals surface area contributed by atoms with E-state index in [0.717, 1.165) is 36.1 Å². The first-order chi connectivity index (χ1) is 12.1. The lowest BCUT2D eigenvalue weighted by molar-refractivity contribution is 0.0635. The van der Waals surface area contributed by atoms with Gasteiger partial charge in [0.05, 0.1) is 11.6 Å². The van der Waals surface area contributed by atoms with Crippen LogP contribution in [0, 0.1) is 11.3 Å². The van der Waals surface area contributed by atoms with Crippen molar-refractivity contribution in [1.29, 1.82) is 5.26 Å². The van der Waals surface area contributed by atoms with Crippen LogP contribution in [0.3, 0.4) is 0 Å². The van der Waals surface area contributed by atoms with E-state index < -0.39 is 6.04 Å². The Labute approximate surface area is 148 Å². The molecule has 0 N–H and O–H groups in total. The number of rotatable bonds is 4. The van der Waals surface area contributed by atoms with Gasteiger partial charge in [0.15, 0.2) is 0 Å². The van der Waals surface area contributed by atoms with E-state index in [1.807, 2.05) is 55.4 Å². The Hall–Kier alpha value is -2.64. The normalized spacial score (nSPS) is 20.5. The fourth-order valence-electron chi connectivity index (χ4n) is 3.99. The smallest absolute Gasteiger partial charge is 0.256 e. The van der Waals surface area contributed by atoms with Crippen LogP contribution in [-0.4, -0.2) is 29.8 Å². The first-order valence-corrected chi connectivity index (χ1v) is 8.63. The molecule has 2 aliphatic rings. The Balaban J connectivity index is 1.76. The van der Waals surface area contributed by atoms with Gasteiger partial charge in [-0.15, -0.1) is 0 Å². The molecule has 1 aliphatic carbocycles. The summed E-state index contributed by atoms with van der Waals surface area (Å²) in [6.45, 7) is 0.795. The summed E-state index contributed by atoms with van der Waals surface area (Å²) in [5.41, 5.74) is 3.47. The minimum atomic E-state index is -0.507. The molecule has 0 bridgehead atoms. The van der Waals surface area contributed by atoms with E-state index in [4.69, 9.17) is 0 Å². The van der Waals surface area contributed by atoms with Gasteiger partial charge in [0.1, 0.15) is 6.04 Å². The number of benzene rings is 2. The van der Waals surface area contributed by atoms with Crippen LogP contribution in [0.1, 0.15) is 45.9 Å². The summed E-state index contributed by atoms with van der Waals surface area (Å²) < 4.78 is 0. The highest BCUT2D eigenvalue weighted by molar-refractivity contribution is 6.00. The monoisotopic (exact) mass is 331 g/mol. The van der Waals surface area contributed by atoms with Gasteiger partial charge in [-0.3, -0.25) is 4.79 Å². The molecule has 0 radical (unpaired) electrons. The van der Waals surface area contributed by atoms with Gasteiger partial charge in [0.2, 0.25) is 0 Å². The second-order valence-electron chi connectivity index (χ2n) is 7.26. The zero-order valence-electron chi connectivity index (χ0n) is 14.6. The highest BCUT2D eigenvalue weighted by Crippen LogP contribution is 2.56. The summed E-state index contributed by atoms with van der Waals surface area (Å²) in [6, 6.07) is 17.9. The number of nitrogens with zero attached hydrogens (tertiary/aromatic N) is 3. The van der Waals surface area contributed by atoms with Crippen molar-refractivity contribution in [2.45, 2.75) is 31.0 Å². The maximum Gasteiger partial charge on any atom is 0.256 e. The molecule has 2 aromatic carbocycles. The van der Waals surface area contributed by atoms with Crippen LogP contribution < -0.4 is 0 Å². The molecule has 2 aromatic rings. The first kappa shape index (κ1) is 15.9. The van der Waals surface area contributed by atoms with Crippen molar-refractivity contribution in [1.82, 2.24) is 9.80 Å². The van der Waals surface area contributed by atoms with E-state index in [9.17, 15) is 10.1 Å². The molecule has 0 saturated heterocycles. The summed E-state index contributed by atoms with van der Waals surface area (Å²) in [5.74, 6) is -0.0145. The zero-order valence-corrected chi connectivity index (χ0v) is 14.6. The molecule has 25 heavy (non-hydrogen) atoms. The number of hydrogen-bond acceptors (Lipinski definition) is 3. The van der Waals surface area contributed by atoms with Gasteiger partial charge in [0.25, 0.3) is 5.91 Å². The molecule has 1 unspecified atom stereocenters. The number of carbonyl (C=O) groups excluding carboxylic acids is 1. The Bertz CT molecular complexity index is 862. The summed E-state index contributed by atoms with van der Waals surface area (Å²) in [6.07, 6.45) is 1.83. The predicted octanol–water partition coefficient (Wildman–Crippen LogP) is 3.46. The average Bonchev–Trinajstić information content (AvgIpc) is 3.36. The van der Waals surface area contributed by atoms with E-state index in [1.54, 1.807) is 0 Å². The summed E-state index contributed by atoms with van der Waals surface area (Å²) >= 11 is 0. The fourth-order valence-corrected chi connectivity index (χ4v) is 3.99. The molecule has 1 amide bonds. The van der Waals surface area contributed by atoms with Gasteiger partial charge < -0.3 is 9.80 Å². The van der Waals surface area contributed by atoms with E-state index in [0.29, 0.717) is 5.56 Å². The average molecular weight is 331 g/mol. The zero-order chi connectivity index (χ0) is 17.6. The van der Waals surface area contributed by atoms with E-state index in [2.05, 4.69) is 23.1 Å². The Morgan fingerprint density at radius 2 is 1.92 bits per heavy atom. The van der Waals surface area contributed by atoms with Gasteiger partial charge in [0, 0.05) is 17.7 Å². The standard InChI is InChI=1S/C21H21N3O/c1-23(2)14-15-8-9-17-18(12-15)19(13-22)24(20(17)25)21(10-11-21)16-6-4-3-5-7-16/h3-9,12,19H,10-11,14H2,1-2H3. The van der Waals surface area contributed by atoms with Crippen molar-refractivity contribution in [3.8, 4) is 6.07 Å². The van der Waals surface area contributed by atoms with E-state index >= 15 is 0 Å². The van der Waals surface area contributed by atoms with E-state index in [-0.39, 0.29) is 11.4 Å². The third kappa shape index (κ3) is 2.43. The van der Waals surface area contributed by atoms with Crippen molar-refractivity contribution >= 4 is 5.91 Å². The molecule has 1 fully saturated rings. The molecule has 0 aromatic heterocycles. The largest absolute Gasteiger partial charge is 0.309 e. The lowest BCUT2D eigenvalue weighted by Gasteiger charge is -2.31. The minimum Gasteiger partial charge on any atom is -0.309 e. The van der Waals surface area contributed by atoms with Crippen molar-refractivity contribution in [2.75, 3.05) is 14.1 Å². The molecule has 1 saturated carbocycles. The van der Waals surface area contributed by atoms with Crippen molar-refractivity contribution in [2.24, 2.45) is 0 Å². The second-order valence-corrected chi connectivity index (χ2v) is 7.26. The molecular formula is C21H21N3O.